The first-order valence-electron chi connectivity index (χ1n) is 10.8. The topological polar surface area (TPSA) is 80.7 Å². The molecule has 0 aromatic carbocycles. The number of rotatable bonds is 4. The van der Waals surface area contributed by atoms with Crippen LogP contribution < -0.4 is 4.90 Å². The molecule has 0 unspecified atom stereocenters. The molecule has 2 aliphatic heterocycles. The first-order chi connectivity index (χ1) is 15.1. The van der Waals surface area contributed by atoms with Gasteiger partial charge < -0.3 is 19.3 Å². The predicted octanol–water partition coefficient (Wildman–Crippen LogP) is 4.16. The Kier molecular flexibility index (Phi) is 6.06. The van der Waals surface area contributed by atoms with E-state index in [1.54, 1.807) is 11.9 Å². The SMILES string of the molecule is CSc1ncc2c(n1)N(c1cccc(CN(C)C(=O)OC(C)(C)C)n1)[C@@H]1CCOC[C@]21C. The highest BCUT2D eigenvalue weighted by Gasteiger charge is 2.51. The van der Waals surface area contributed by atoms with E-state index >= 15 is 0 Å². The number of ether oxygens (including phenoxy) is 2. The molecule has 8 nitrogen and oxygen atoms in total. The van der Waals surface area contributed by atoms with Gasteiger partial charge in [0.25, 0.3) is 0 Å². The number of amides is 1. The van der Waals surface area contributed by atoms with Crippen LogP contribution >= 0.6 is 11.8 Å². The Morgan fingerprint density at radius 1 is 1.38 bits per heavy atom. The van der Waals surface area contributed by atoms with Crippen molar-refractivity contribution in [3.8, 4) is 0 Å². The largest absolute Gasteiger partial charge is 0.444 e. The number of anilines is 2. The quantitative estimate of drug-likeness (QED) is 0.500. The third kappa shape index (κ3) is 4.28. The molecular formula is C23H31N5O3S. The van der Waals surface area contributed by atoms with Crippen LogP contribution in [-0.2, 0) is 21.4 Å². The lowest BCUT2D eigenvalue weighted by Crippen LogP contribution is -2.48. The van der Waals surface area contributed by atoms with Crippen molar-refractivity contribution in [1.29, 1.82) is 0 Å². The van der Waals surface area contributed by atoms with E-state index in [-0.39, 0.29) is 17.6 Å². The number of carbonyl (C=O) groups excluding carboxylic acids is 1. The van der Waals surface area contributed by atoms with Gasteiger partial charge in [0.2, 0.25) is 0 Å². The number of pyridine rings is 1. The van der Waals surface area contributed by atoms with Crippen molar-refractivity contribution < 1.29 is 14.3 Å². The number of hydrogen-bond acceptors (Lipinski definition) is 8. The van der Waals surface area contributed by atoms with Gasteiger partial charge in [-0.2, -0.15) is 0 Å². The molecule has 2 aromatic heterocycles. The van der Waals surface area contributed by atoms with Gasteiger partial charge in [-0.3, -0.25) is 0 Å². The van der Waals surface area contributed by atoms with Crippen LogP contribution in [-0.4, -0.2) is 64.1 Å². The smallest absolute Gasteiger partial charge is 0.410 e. The summed E-state index contributed by atoms with van der Waals surface area (Å²) in [7, 11) is 1.72. The number of carbonyl (C=O) groups is 1. The van der Waals surface area contributed by atoms with Gasteiger partial charge >= 0.3 is 6.09 Å². The molecule has 0 saturated carbocycles. The summed E-state index contributed by atoms with van der Waals surface area (Å²) in [6.07, 6.45) is 4.43. The van der Waals surface area contributed by atoms with Gasteiger partial charge in [0.1, 0.15) is 17.2 Å². The molecule has 0 spiro atoms. The molecule has 172 valence electrons. The number of fused-ring (bicyclic) bond motifs is 3. The fourth-order valence-corrected chi connectivity index (χ4v) is 4.70. The Hall–Kier alpha value is -2.39. The normalized spacial score (nSPS) is 22.3. The molecular weight excluding hydrogens is 426 g/mol. The van der Waals surface area contributed by atoms with Crippen LogP contribution in [0.3, 0.4) is 0 Å². The minimum atomic E-state index is -0.540. The zero-order chi connectivity index (χ0) is 23.1. The van der Waals surface area contributed by atoms with E-state index in [9.17, 15) is 4.79 Å². The summed E-state index contributed by atoms with van der Waals surface area (Å²) in [6, 6.07) is 6.09. The monoisotopic (exact) mass is 457 g/mol. The third-order valence-corrected chi connectivity index (χ3v) is 6.46. The zero-order valence-corrected chi connectivity index (χ0v) is 20.4. The average Bonchev–Trinajstić information content (AvgIpc) is 3.00. The van der Waals surface area contributed by atoms with E-state index in [0.717, 1.165) is 34.5 Å². The highest BCUT2D eigenvalue weighted by atomic mass is 32.2. The van der Waals surface area contributed by atoms with Gasteiger partial charge in [0.05, 0.1) is 24.9 Å². The summed E-state index contributed by atoms with van der Waals surface area (Å²) in [5.74, 6) is 1.72. The molecule has 1 fully saturated rings. The van der Waals surface area contributed by atoms with Crippen molar-refractivity contribution >= 4 is 29.5 Å². The second kappa shape index (κ2) is 8.51. The molecule has 0 N–H and O–H groups in total. The first kappa shape index (κ1) is 22.8. The van der Waals surface area contributed by atoms with Crippen molar-refractivity contribution in [1.82, 2.24) is 19.9 Å². The van der Waals surface area contributed by atoms with E-state index in [2.05, 4.69) is 16.8 Å². The third-order valence-electron chi connectivity index (χ3n) is 5.90. The Morgan fingerprint density at radius 3 is 2.88 bits per heavy atom. The number of thioether (sulfide) groups is 1. The highest BCUT2D eigenvalue weighted by molar-refractivity contribution is 7.98. The molecule has 2 aromatic rings. The minimum absolute atomic E-state index is 0.184. The number of hydrogen-bond donors (Lipinski definition) is 0. The lowest BCUT2D eigenvalue weighted by molar-refractivity contribution is 0.0282. The maximum absolute atomic E-state index is 12.4. The minimum Gasteiger partial charge on any atom is -0.444 e. The maximum Gasteiger partial charge on any atom is 0.410 e. The average molecular weight is 458 g/mol. The lowest BCUT2D eigenvalue weighted by atomic mass is 9.77. The van der Waals surface area contributed by atoms with Crippen LogP contribution in [0.4, 0.5) is 16.4 Å². The van der Waals surface area contributed by atoms with E-state index < -0.39 is 5.60 Å². The Balaban J connectivity index is 1.66. The Bertz CT molecular complexity index is 1010. The van der Waals surface area contributed by atoms with E-state index in [1.807, 2.05) is 51.4 Å². The highest BCUT2D eigenvalue weighted by Crippen LogP contribution is 2.50. The Labute approximate surface area is 193 Å². The molecule has 1 amide bonds. The summed E-state index contributed by atoms with van der Waals surface area (Å²) < 4.78 is 11.3. The molecule has 9 heteroatoms. The molecule has 1 saturated heterocycles. The van der Waals surface area contributed by atoms with Crippen molar-refractivity contribution in [2.75, 3.05) is 31.4 Å². The van der Waals surface area contributed by atoms with Crippen LogP contribution in [0, 0.1) is 0 Å². The van der Waals surface area contributed by atoms with Crippen molar-refractivity contribution in [3.63, 3.8) is 0 Å². The second-order valence-electron chi connectivity index (χ2n) is 9.56. The fourth-order valence-electron chi connectivity index (χ4n) is 4.36. The van der Waals surface area contributed by atoms with Crippen LogP contribution in [0.2, 0.25) is 0 Å². The van der Waals surface area contributed by atoms with Gasteiger partial charge in [-0.25, -0.2) is 19.7 Å². The van der Waals surface area contributed by atoms with Crippen LogP contribution in [0.25, 0.3) is 0 Å². The first-order valence-corrected chi connectivity index (χ1v) is 12.0. The van der Waals surface area contributed by atoms with Crippen molar-refractivity contribution in [3.05, 3.63) is 35.7 Å². The molecule has 0 aliphatic carbocycles. The van der Waals surface area contributed by atoms with E-state index in [0.29, 0.717) is 19.8 Å². The van der Waals surface area contributed by atoms with Crippen molar-refractivity contribution in [2.45, 2.75) is 62.9 Å². The molecule has 4 heterocycles. The zero-order valence-electron chi connectivity index (χ0n) is 19.6. The number of aromatic nitrogens is 3. The summed E-state index contributed by atoms with van der Waals surface area (Å²) >= 11 is 1.52. The van der Waals surface area contributed by atoms with Gasteiger partial charge in [-0.05, 0) is 45.6 Å². The standard InChI is InChI=1S/C23H31N5O3S/c1-22(2,3)31-21(29)27(5)13-15-8-7-9-18(25-15)28-17-10-11-30-14-23(17,4)16-12-24-20(32-6)26-19(16)28/h7-9,12,17H,10-11,13-14H2,1-6H3/t17-,23-/m1/s1. The Morgan fingerprint density at radius 2 is 2.16 bits per heavy atom. The molecule has 2 aliphatic rings. The summed E-state index contributed by atoms with van der Waals surface area (Å²) in [5.41, 5.74) is 1.15. The summed E-state index contributed by atoms with van der Waals surface area (Å²) in [4.78, 5) is 30.5. The summed E-state index contributed by atoms with van der Waals surface area (Å²) in [5, 5.41) is 0.734. The van der Waals surface area contributed by atoms with Gasteiger partial charge in [-0.15, -0.1) is 0 Å². The summed E-state index contributed by atoms with van der Waals surface area (Å²) in [6.45, 7) is 9.49. The molecule has 4 rings (SSSR count). The van der Waals surface area contributed by atoms with Gasteiger partial charge in [-0.1, -0.05) is 24.8 Å². The van der Waals surface area contributed by atoms with Crippen molar-refractivity contribution in [2.24, 2.45) is 0 Å². The van der Waals surface area contributed by atoms with Crippen LogP contribution in [0.5, 0.6) is 0 Å². The fraction of sp³-hybridized carbons (Fsp3) is 0.565. The van der Waals surface area contributed by atoms with E-state index in [1.165, 1.54) is 11.8 Å². The maximum atomic E-state index is 12.4. The second-order valence-corrected chi connectivity index (χ2v) is 10.3. The van der Waals surface area contributed by atoms with Crippen LogP contribution in [0.15, 0.2) is 29.6 Å². The molecule has 32 heavy (non-hydrogen) atoms. The molecule has 0 radical (unpaired) electrons. The predicted molar refractivity (Wildman–Crippen MR) is 124 cm³/mol. The van der Waals surface area contributed by atoms with Gasteiger partial charge in [0.15, 0.2) is 5.16 Å². The molecule has 2 atom stereocenters. The van der Waals surface area contributed by atoms with Gasteiger partial charge in [0, 0.05) is 30.8 Å². The van der Waals surface area contributed by atoms with E-state index in [4.69, 9.17) is 19.4 Å². The molecule has 0 bridgehead atoms. The van der Waals surface area contributed by atoms with Crippen LogP contribution in [0.1, 0.15) is 45.4 Å². The lowest BCUT2D eigenvalue weighted by Gasteiger charge is -2.39. The number of nitrogens with zero attached hydrogens (tertiary/aromatic N) is 5.